The summed E-state index contributed by atoms with van der Waals surface area (Å²) in [5, 5.41) is 0.649. The summed E-state index contributed by atoms with van der Waals surface area (Å²) in [6, 6.07) is 11.0. The van der Waals surface area contributed by atoms with E-state index in [9.17, 15) is 4.79 Å². The van der Waals surface area contributed by atoms with Crippen LogP contribution in [0.15, 0.2) is 48.9 Å². The average Bonchev–Trinajstić information content (AvgIpc) is 2.83. The van der Waals surface area contributed by atoms with Crippen LogP contribution in [-0.4, -0.2) is 53.1 Å². The molecule has 1 aliphatic rings. The van der Waals surface area contributed by atoms with Gasteiger partial charge in [-0.05, 0) is 25.0 Å². The summed E-state index contributed by atoms with van der Waals surface area (Å²) >= 11 is 6.44. The van der Waals surface area contributed by atoms with E-state index in [1.54, 1.807) is 24.7 Å². The first-order valence-corrected chi connectivity index (χ1v) is 10.4. The number of likely N-dealkylation sites (tertiary alicyclic amines) is 1. The predicted molar refractivity (Wildman–Crippen MR) is 118 cm³/mol. The fraction of sp³-hybridized carbons (Fsp3) is 0.304. The van der Waals surface area contributed by atoms with Crippen molar-refractivity contribution in [3.05, 3.63) is 65.2 Å². The number of nitrogens with zero attached hydrogens (tertiary/aromatic N) is 4. The Morgan fingerprint density at radius 1 is 1.13 bits per heavy atom. The minimum atomic E-state index is -0.120. The molecule has 1 aromatic carbocycles. The molecule has 1 fully saturated rings. The molecule has 0 spiro atoms. The van der Waals surface area contributed by atoms with Crippen molar-refractivity contribution in [2.45, 2.75) is 18.8 Å². The van der Waals surface area contributed by atoms with Gasteiger partial charge in [0, 0.05) is 47.4 Å². The van der Waals surface area contributed by atoms with Gasteiger partial charge in [0.05, 0.1) is 19.9 Å². The van der Waals surface area contributed by atoms with Gasteiger partial charge in [-0.25, -0.2) is 9.97 Å². The Balaban J connectivity index is 1.62. The van der Waals surface area contributed by atoms with Gasteiger partial charge in [-0.2, -0.15) is 4.98 Å². The minimum absolute atomic E-state index is 0.0733. The third-order valence-electron chi connectivity index (χ3n) is 5.47. The Bertz CT molecular complexity index is 1090. The van der Waals surface area contributed by atoms with E-state index in [2.05, 4.69) is 15.0 Å². The second-order valence-corrected chi connectivity index (χ2v) is 7.71. The van der Waals surface area contributed by atoms with Crippen LogP contribution in [0.5, 0.6) is 11.8 Å². The fourth-order valence-corrected chi connectivity index (χ4v) is 4.20. The van der Waals surface area contributed by atoms with Gasteiger partial charge in [0.1, 0.15) is 11.9 Å². The smallest absolute Gasteiger partial charge is 0.259 e. The lowest BCUT2D eigenvalue weighted by molar-refractivity contribution is 0.0701. The Hall–Kier alpha value is -3.19. The Labute approximate surface area is 186 Å². The maximum absolute atomic E-state index is 13.3. The van der Waals surface area contributed by atoms with Crippen molar-refractivity contribution in [1.82, 2.24) is 19.9 Å². The number of aromatic nitrogens is 3. The lowest BCUT2D eigenvalue weighted by Gasteiger charge is -2.33. The zero-order valence-corrected chi connectivity index (χ0v) is 18.2. The van der Waals surface area contributed by atoms with Crippen LogP contribution >= 0.6 is 11.6 Å². The first-order valence-electron chi connectivity index (χ1n) is 10.1. The van der Waals surface area contributed by atoms with Crippen molar-refractivity contribution in [3.8, 4) is 22.9 Å². The molecule has 4 rings (SSSR count). The van der Waals surface area contributed by atoms with Gasteiger partial charge in [-0.15, -0.1) is 0 Å². The third kappa shape index (κ3) is 4.32. The molecule has 3 heterocycles. The molecule has 0 bridgehead atoms. The van der Waals surface area contributed by atoms with Crippen LogP contribution in [0.3, 0.4) is 0 Å². The second kappa shape index (κ2) is 9.31. The normalized spacial score (nSPS) is 16.1. The highest BCUT2D eigenvalue weighted by Crippen LogP contribution is 2.36. The highest BCUT2D eigenvalue weighted by molar-refractivity contribution is 6.33. The van der Waals surface area contributed by atoms with Crippen molar-refractivity contribution >= 4 is 17.5 Å². The van der Waals surface area contributed by atoms with Crippen molar-refractivity contribution in [2.75, 3.05) is 27.3 Å². The molecule has 1 amide bonds. The van der Waals surface area contributed by atoms with E-state index in [4.69, 9.17) is 21.1 Å². The quantitative estimate of drug-likeness (QED) is 0.593. The molecule has 3 aromatic rings. The first-order chi connectivity index (χ1) is 15.1. The zero-order chi connectivity index (χ0) is 21.8. The van der Waals surface area contributed by atoms with Gasteiger partial charge < -0.3 is 14.4 Å². The summed E-state index contributed by atoms with van der Waals surface area (Å²) in [6.07, 6.45) is 5.14. The van der Waals surface area contributed by atoms with E-state index in [-0.39, 0.29) is 17.7 Å². The molecule has 1 unspecified atom stereocenters. The van der Waals surface area contributed by atoms with Crippen molar-refractivity contribution in [2.24, 2.45) is 0 Å². The van der Waals surface area contributed by atoms with E-state index < -0.39 is 0 Å². The highest BCUT2D eigenvalue weighted by atomic mass is 35.5. The first kappa shape index (κ1) is 21.1. The Morgan fingerprint density at radius 3 is 2.74 bits per heavy atom. The number of carbonyl (C=O) groups excluding carboxylic acids is 1. The molecule has 0 radical (unpaired) electrons. The molecule has 160 valence electrons. The standard InChI is InChI=1S/C23H23ClN4O3/c1-30-20-10-9-17(22(27-20)31-2)23(29)28-11-5-6-15(13-28)21-18(12-25-14-26-21)16-7-3-4-8-19(16)24/h3-4,7-10,12,14-15H,5-6,11,13H2,1-2H3. The molecule has 7 nitrogen and oxygen atoms in total. The van der Waals surface area contributed by atoms with Crippen LogP contribution in [0.4, 0.5) is 0 Å². The van der Waals surface area contributed by atoms with Crippen LogP contribution in [0.1, 0.15) is 34.8 Å². The van der Waals surface area contributed by atoms with Gasteiger partial charge in [0.25, 0.3) is 5.91 Å². The zero-order valence-electron chi connectivity index (χ0n) is 17.4. The van der Waals surface area contributed by atoms with Crippen LogP contribution in [0, 0.1) is 0 Å². The molecular formula is C23H23ClN4O3. The average molecular weight is 439 g/mol. The number of carbonyl (C=O) groups is 1. The Morgan fingerprint density at radius 2 is 1.97 bits per heavy atom. The molecular weight excluding hydrogens is 416 g/mol. The Kier molecular flexibility index (Phi) is 6.32. The predicted octanol–water partition coefficient (Wildman–Crippen LogP) is 4.23. The van der Waals surface area contributed by atoms with Gasteiger partial charge >= 0.3 is 0 Å². The summed E-state index contributed by atoms with van der Waals surface area (Å²) in [4.78, 5) is 28.1. The number of benzene rings is 1. The van der Waals surface area contributed by atoms with Gasteiger partial charge in [0.2, 0.25) is 11.8 Å². The number of halogens is 1. The minimum Gasteiger partial charge on any atom is -0.481 e. The number of piperidine rings is 1. The van der Waals surface area contributed by atoms with E-state index in [1.165, 1.54) is 14.2 Å². The third-order valence-corrected chi connectivity index (χ3v) is 5.80. The van der Waals surface area contributed by atoms with Crippen LogP contribution in [0.25, 0.3) is 11.1 Å². The molecule has 1 saturated heterocycles. The van der Waals surface area contributed by atoms with E-state index >= 15 is 0 Å². The molecule has 2 aromatic heterocycles. The largest absolute Gasteiger partial charge is 0.481 e. The number of hydrogen-bond acceptors (Lipinski definition) is 6. The van der Waals surface area contributed by atoms with Gasteiger partial charge in [-0.1, -0.05) is 29.8 Å². The van der Waals surface area contributed by atoms with E-state index in [1.807, 2.05) is 29.2 Å². The monoisotopic (exact) mass is 438 g/mol. The fourth-order valence-electron chi connectivity index (χ4n) is 3.96. The maximum atomic E-state index is 13.3. The molecule has 0 saturated carbocycles. The number of rotatable bonds is 5. The summed E-state index contributed by atoms with van der Waals surface area (Å²) in [6.45, 7) is 1.21. The molecule has 31 heavy (non-hydrogen) atoms. The van der Waals surface area contributed by atoms with Crippen molar-refractivity contribution in [1.29, 1.82) is 0 Å². The molecule has 8 heteroatoms. The number of hydrogen-bond donors (Lipinski definition) is 0. The van der Waals surface area contributed by atoms with Crippen molar-refractivity contribution in [3.63, 3.8) is 0 Å². The van der Waals surface area contributed by atoms with Crippen LogP contribution in [-0.2, 0) is 0 Å². The molecule has 0 N–H and O–H groups in total. The van der Waals surface area contributed by atoms with E-state index in [0.717, 1.165) is 29.7 Å². The summed E-state index contributed by atoms with van der Waals surface area (Å²) in [5.74, 6) is 0.606. The number of pyridine rings is 1. The lowest BCUT2D eigenvalue weighted by atomic mass is 9.89. The summed E-state index contributed by atoms with van der Waals surface area (Å²) < 4.78 is 10.5. The maximum Gasteiger partial charge on any atom is 0.259 e. The summed E-state index contributed by atoms with van der Waals surface area (Å²) in [5.41, 5.74) is 3.11. The van der Waals surface area contributed by atoms with E-state index in [0.29, 0.717) is 29.6 Å². The number of amides is 1. The van der Waals surface area contributed by atoms with Gasteiger partial charge in [0.15, 0.2) is 0 Å². The van der Waals surface area contributed by atoms with Gasteiger partial charge in [-0.3, -0.25) is 4.79 Å². The second-order valence-electron chi connectivity index (χ2n) is 7.30. The summed E-state index contributed by atoms with van der Waals surface area (Å²) in [7, 11) is 3.02. The molecule has 1 atom stereocenters. The molecule has 0 aliphatic carbocycles. The topological polar surface area (TPSA) is 77.4 Å². The lowest BCUT2D eigenvalue weighted by Crippen LogP contribution is -2.39. The van der Waals surface area contributed by atoms with Crippen molar-refractivity contribution < 1.29 is 14.3 Å². The van der Waals surface area contributed by atoms with Crippen LogP contribution in [0.2, 0.25) is 5.02 Å². The number of methoxy groups -OCH3 is 2. The molecule has 1 aliphatic heterocycles. The van der Waals surface area contributed by atoms with Crippen LogP contribution < -0.4 is 9.47 Å². The SMILES string of the molecule is COc1ccc(C(=O)N2CCCC(c3ncncc3-c3ccccc3Cl)C2)c(OC)n1. The number of ether oxygens (including phenoxy) is 2. The highest BCUT2D eigenvalue weighted by Gasteiger charge is 2.30.